The average Bonchev–Trinajstić information content (AvgIpc) is 2.74. The summed E-state index contributed by atoms with van der Waals surface area (Å²) in [7, 11) is 1.72. The van der Waals surface area contributed by atoms with Gasteiger partial charge in [-0.2, -0.15) is 0 Å². The Morgan fingerprint density at radius 1 is 1.29 bits per heavy atom. The first-order valence-corrected chi connectivity index (χ1v) is 6.60. The van der Waals surface area contributed by atoms with Crippen LogP contribution in [0.2, 0.25) is 0 Å². The van der Waals surface area contributed by atoms with Gasteiger partial charge in [0.1, 0.15) is 5.75 Å². The Labute approximate surface area is 106 Å². The van der Waals surface area contributed by atoms with E-state index in [0.717, 1.165) is 11.4 Å². The number of ether oxygens (including phenoxy) is 1. The molecule has 0 unspecified atom stereocenters. The lowest BCUT2D eigenvalue weighted by molar-refractivity contribution is 0.407. The Hall–Kier alpha value is -1.35. The number of thiazole rings is 1. The molecule has 2 aromatic rings. The Balaban J connectivity index is 2.51. The van der Waals surface area contributed by atoms with E-state index in [-0.39, 0.29) is 0 Å². The predicted molar refractivity (Wildman–Crippen MR) is 72.9 cm³/mol. The van der Waals surface area contributed by atoms with Crippen molar-refractivity contribution >= 4 is 11.3 Å². The van der Waals surface area contributed by atoms with Crippen LogP contribution in [0.5, 0.6) is 5.75 Å². The van der Waals surface area contributed by atoms with E-state index in [1.54, 1.807) is 18.4 Å². The molecule has 0 saturated carbocycles. The molecule has 0 fully saturated rings. The number of aromatic nitrogens is 1. The maximum atomic E-state index is 5.39. The first kappa shape index (κ1) is 12.1. The van der Waals surface area contributed by atoms with E-state index in [1.165, 1.54) is 16.0 Å². The van der Waals surface area contributed by atoms with Gasteiger partial charge in [-0.3, -0.25) is 0 Å². The number of hydrogen-bond acceptors (Lipinski definition) is 3. The Kier molecular flexibility index (Phi) is 3.48. The number of methoxy groups -OCH3 is 1. The molecule has 1 aromatic heterocycles. The van der Waals surface area contributed by atoms with Crippen molar-refractivity contribution in [2.75, 3.05) is 7.11 Å². The lowest BCUT2D eigenvalue weighted by Crippen LogP contribution is -1.95. The van der Waals surface area contributed by atoms with Crippen molar-refractivity contribution < 1.29 is 4.74 Å². The van der Waals surface area contributed by atoms with Crippen LogP contribution < -0.4 is 4.74 Å². The molecule has 3 heteroatoms. The van der Waals surface area contributed by atoms with Crippen molar-refractivity contribution in [3.63, 3.8) is 0 Å². The van der Waals surface area contributed by atoms with Crippen LogP contribution in [0.1, 0.15) is 30.2 Å². The van der Waals surface area contributed by atoms with Crippen LogP contribution in [0.15, 0.2) is 23.7 Å². The van der Waals surface area contributed by atoms with Crippen molar-refractivity contribution in [1.29, 1.82) is 0 Å². The molecule has 0 N–H and O–H groups in total. The lowest BCUT2D eigenvalue weighted by atomic mass is 9.98. The van der Waals surface area contributed by atoms with Gasteiger partial charge in [0.15, 0.2) is 0 Å². The van der Waals surface area contributed by atoms with Gasteiger partial charge in [0.05, 0.1) is 18.3 Å². The summed E-state index contributed by atoms with van der Waals surface area (Å²) in [5.41, 5.74) is 5.38. The summed E-state index contributed by atoms with van der Waals surface area (Å²) in [6.45, 7) is 6.46. The topological polar surface area (TPSA) is 22.1 Å². The fourth-order valence-electron chi connectivity index (χ4n) is 1.92. The SMILES string of the molecule is COc1ccc(-c2ncsc2C)cc1C(C)C. The van der Waals surface area contributed by atoms with Gasteiger partial charge in [0.2, 0.25) is 0 Å². The summed E-state index contributed by atoms with van der Waals surface area (Å²) in [4.78, 5) is 5.67. The second-order valence-electron chi connectivity index (χ2n) is 4.37. The van der Waals surface area contributed by atoms with Gasteiger partial charge in [-0.05, 0) is 36.6 Å². The Bertz CT molecular complexity index is 517. The van der Waals surface area contributed by atoms with Crippen LogP contribution >= 0.6 is 11.3 Å². The lowest BCUT2D eigenvalue weighted by Gasteiger charge is -2.13. The second kappa shape index (κ2) is 4.88. The molecule has 90 valence electrons. The van der Waals surface area contributed by atoms with Gasteiger partial charge in [-0.25, -0.2) is 4.98 Å². The van der Waals surface area contributed by atoms with E-state index in [0.29, 0.717) is 5.92 Å². The molecule has 0 atom stereocenters. The fourth-order valence-corrected chi connectivity index (χ4v) is 2.51. The van der Waals surface area contributed by atoms with Gasteiger partial charge >= 0.3 is 0 Å². The maximum Gasteiger partial charge on any atom is 0.122 e. The molecular formula is C14H17NOS. The summed E-state index contributed by atoms with van der Waals surface area (Å²) in [6, 6.07) is 6.29. The molecule has 0 aliphatic carbocycles. The van der Waals surface area contributed by atoms with E-state index < -0.39 is 0 Å². The molecule has 0 bridgehead atoms. The average molecular weight is 247 g/mol. The van der Waals surface area contributed by atoms with E-state index in [2.05, 4.69) is 37.9 Å². The molecular weight excluding hydrogens is 230 g/mol. The monoisotopic (exact) mass is 247 g/mol. The highest BCUT2D eigenvalue weighted by atomic mass is 32.1. The van der Waals surface area contributed by atoms with E-state index in [9.17, 15) is 0 Å². The first-order valence-electron chi connectivity index (χ1n) is 5.72. The van der Waals surface area contributed by atoms with Gasteiger partial charge in [-0.15, -0.1) is 11.3 Å². The summed E-state index contributed by atoms with van der Waals surface area (Å²) < 4.78 is 5.39. The van der Waals surface area contributed by atoms with Gasteiger partial charge in [0, 0.05) is 10.4 Å². The van der Waals surface area contributed by atoms with Crippen LogP contribution in [0.25, 0.3) is 11.3 Å². The van der Waals surface area contributed by atoms with E-state index >= 15 is 0 Å². The van der Waals surface area contributed by atoms with Crippen molar-refractivity contribution in [2.24, 2.45) is 0 Å². The summed E-state index contributed by atoms with van der Waals surface area (Å²) in [5, 5.41) is 0. The molecule has 2 rings (SSSR count). The smallest absolute Gasteiger partial charge is 0.122 e. The van der Waals surface area contributed by atoms with Crippen LogP contribution in [0.4, 0.5) is 0 Å². The molecule has 0 aliphatic rings. The van der Waals surface area contributed by atoms with Crippen molar-refractivity contribution in [3.8, 4) is 17.0 Å². The zero-order valence-electron chi connectivity index (χ0n) is 10.7. The molecule has 2 nitrogen and oxygen atoms in total. The van der Waals surface area contributed by atoms with E-state index in [1.807, 2.05) is 11.6 Å². The predicted octanol–water partition coefficient (Wildman–Crippen LogP) is 4.25. The highest BCUT2D eigenvalue weighted by molar-refractivity contribution is 7.10. The molecule has 1 heterocycles. The Morgan fingerprint density at radius 3 is 2.59 bits per heavy atom. The molecule has 0 spiro atoms. The maximum absolute atomic E-state index is 5.39. The third-order valence-corrected chi connectivity index (χ3v) is 3.63. The van der Waals surface area contributed by atoms with Crippen molar-refractivity contribution in [2.45, 2.75) is 26.7 Å². The van der Waals surface area contributed by atoms with Crippen LogP contribution in [0.3, 0.4) is 0 Å². The summed E-state index contributed by atoms with van der Waals surface area (Å²) in [5.74, 6) is 1.40. The zero-order valence-corrected chi connectivity index (χ0v) is 11.5. The molecule has 0 saturated heterocycles. The minimum absolute atomic E-state index is 0.448. The first-order chi connectivity index (χ1) is 8.13. The summed E-state index contributed by atoms with van der Waals surface area (Å²) >= 11 is 1.68. The highest BCUT2D eigenvalue weighted by Crippen LogP contribution is 2.32. The molecule has 0 amide bonds. The number of benzene rings is 1. The van der Waals surface area contributed by atoms with Crippen molar-refractivity contribution in [1.82, 2.24) is 4.98 Å². The van der Waals surface area contributed by atoms with Gasteiger partial charge in [0.25, 0.3) is 0 Å². The zero-order chi connectivity index (χ0) is 12.4. The van der Waals surface area contributed by atoms with Crippen LogP contribution in [0, 0.1) is 6.92 Å². The second-order valence-corrected chi connectivity index (χ2v) is 5.43. The van der Waals surface area contributed by atoms with E-state index in [4.69, 9.17) is 4.74 Å². The molecule has 17 heavy (non-hydrogen) atoms. The van der Waals surface area contributed by atoms with Gasteiger partial charge in [-0.1, -0.05) is 13.8 Å². The number of hydrogen-bond donors (Lipinski definition) is 0. The number of aryl methyl sites for hydroxylation is 1. The molecule has 0 aliphatic heterocycles. The molecule has 1 aromatic carbocycles. The fraction of sp³-hybridized carbons (Fsp3) is 0.357. The summed E-state index contributed by atoms with van der Waals surface area (Å²) in [6.07, 6.45) is 0. The quantitative estimate of drug-likeness (QED) is 0.809. The standard InChI is InChI=1S/C14H17NOS/c1-9(2)12-7-11(5-6-13(12)16-4)14-10(3)17-8-15-14/h5-9H,1-4H3. The minimum atomic E-state index is 0.448. The Morgan fingerprint density at radius 2 is 2.06 bits per heavy atom. The molecule has 0 radical (unpaired) electrons. The number of nitrogens with zero attached hydrogens (tertiary/aromatic N) is 1. The van der Waals surface area contributed by atoms with Crippen molar-refractivity contribution in [3.05, 3.63) is 34.2 Å². The third-order valence-electron chi connectivity index (χ3n) is 2.87. The largest absolute Gasteiger partial charge is 0.496 e. The third kappa shape index (κ3) is 2.34. The van der Waals surface area contributed by atoms with Crippen LogP contribution in [-0.4, -0.2) is 12.1 Å². The highest BCUT2D eigenvalue weighted by Gasteiger charge is 2.11. The minimum Gasteiger partial charge on any atom is -0.496 e. The normalized spacial score (nSPS) is 10.9. The van der Waals surface area contributed by atoms with Crippen LogP contribution in [-0.2, 0) is 0 Å². The number of rotatable bonds is 3. The van der Waals surface area contributed by atoms with Gasteiger partial charge < -0.3 is 4.74 Å².